The van der Waals surface area contributed by atoms with Crippen LogP contribution in [0.3, 0.4) is 0 Å². The van der Waals surface area contributed by atoms with E-state index in [0.717, 1.165) is 28.9 Å². The van der Waals surface area contributed by atoms with Crippen LogP contribution in [0.5, 0.6) is 11.5 Å². The summed E-state index contributed by atoms with van der Waals surface area (Å²) in [4.78, 5) is 0.787. The van der Waals surface area contributed by atoms with Crippen molar-refractivity contribution in [3.63, 3.8) is 0 Å². The molecule has 0 bridgehead atoms. The molecule has 0 atom stereocenters. The Labute approximate surface area is 171 Å². The number of rotatable bonds is 7. The third-order valence-corrected chi connectivity index (χ3v) is 5.84. The predicted molar refractivity (Wildman–Crippen MR) is 105 cm³/mol. The molecule has 29 heavy (non-hydrogen) atoms. The van der Waals surface area contributed by atoms with Gasteiger partial charge in [-0.25, -0.2) is 0 Å². The fourth-order valence-corrected chi connectivity index (χ4v) is 4.43. The van der Waals surface area contributed by atoms with E-state index in [9.17, 15) is 8.78 Å². The minimum atomic E-state index is -2.83. The molecule has 0 amide bonds. The summed E-state index contributed by atoms with van der Waals surface area (Å²) in [5, 5.41) is 4.16. The Morgan fingerprint density at radius 2 is 1.83 bits per heavy atom. The van der Waals surface area contributed by atoms with Gasteiger partial charge in [-0.3, -0.25) is 0 Å². The standard InChI is InChI=1S/C20H20F2N2O4S/c1-25-15-4-3-5-16(26-2)18(15)29-24-19-13-9-7-11-6-8-12(27-20(21)22)10-14(11)17(13)28-23-19/h3-5,10,20H,6-9H2,1-2H3,(H,23,24). The zero-order valence-electron chi connectivity index (χ0n) is 16.0. The van der Waals surface area contributed by atoms with E-state index in [1.165, 1.54) is 17.5 Å². The number of ether oxygens (including phenoxy) is 3. The van der Waals surface area contributed by atoms with Gasteiger partial charge in [0.25, 0.3) is 0 Å². The van der Waals surface area contributed by atoms with Crippen molar-refractivity contribution in [1.29, 1.82) is 0 Å². The quantitative estimate of drug-likeness (QED) is 0.597. The molecule has 0 radical (unpaired) electrons. The zero-order valence-corrected chi connectivity index (χ0v) is 16.8. The lowest BCUT2D eigenvalue weighted by Gasteiger charge is -2.23. The predicted octanol–water partition coefficient (Wildman–Crippen LogP) is 5.43. The van der Waals surface area contributed by atoms with E-state index in [1.807, 2.05) is 18.2 Å². The summed E-state index contributed by atoms with van der Waals surface area (Å²) >= 11 is 1.31. The minimum Gasteiger partial charge on any atom is -0.495 e. The van der Waals surface area contributed by atoms with Crippen molar-refractivity contribution >= 4 is 23.3 Å². The first-order chi connectivity index (χ1) is 14.1. The number of allylic oxidation sites excluding steroid dienone is 4. The minimum absolute atomic E-state index is 0.269. The number of alkyl halides is 2. The molecule has 0 spiro atoms. The number of methoxy groups -OCH3 is 2. The summed E-state index contributed by atoms with van der Waals surface area (Å²) in [6.45, 7) is -2.83. The second-order valence-corrected chi connectivity index (χ2v) is 7.36. The lowest BCUT2D eigenvalue weighted by atomic mass is 9.84. The number of halogens is 2. The van der Waals surface area contributed by atoms with Crippen LogP contribution in [0.2, 0.25) is 0 Å². The third kappa shape index (κ3) is 3.91. The molecule has 6 nitrogen and oxygen atoms in total. The van der Waals surface area contributed by atoms with E-state index >= 15 is 0 Å². The monoisotopic (exact) mass is 422 g/mol. The van der Waals surface area contributed by atoms with E-state index in [1.54, 1.807) is 20.3 Å². The molecule has 154 valence electrons. The van der Waals surface area contributed by atoms with E-state index < -0.39 is 6.61 Å². The number of nitrogens with one attached hydrogen (secondary N) is 1. The molecule has 2 aliphatic carbocycles. The highest BCUT2D eigenvalue weighted by Gasteiger charge is 2.29. The molecule has 0 saturated carbocycles. The smallest absolute Gasteiger partial charge is 0.387 e. The van der Waals surface area contributed by atoms with Gasteiger partial charge in [0, 0.05) is 17.6 Å². The molecule has 1 aromatic carbocycles. The number of fused-ring (bicyclic) bond motifs is 2. The van der Waals surface area contributed by atoms with Crippen molar-refractivity contribution in [3.05, 3.63) is 46.9 Å². The molecule has 0 fully saturated rings. The molecule has 1 N–H and O–H groups in total. The second kappa shape index (κ2) is 8.36. The van der Waals surface area contributed by atoms with Crippen LogP contribution in [-0.2, 0) is 11.2 Å². The zero-order chi connectivity index (χ0) is 20.4. The molecule has 0 saturated heterocycles. The molecule has 2 aromatic rings. The van der Waals surface area contributed by atoms with Crippen molar-refractivity contribution in [1.82, 2.24) is 5.16 Å². The highest BCUT2D eigenvalue weighted by Crippen LogP contribution is 2.43. The van der Waals surface area contributed by atoms with Crippen LogP contribution in [-0.4, -0.2) is 26.0 Å². The maximum atomic E-state index is 12.6. The lowest BCUT2D eigenvalue weighted by molar-refractivity contribution is -0.0984. The van der Waals surface area contributed by atoms with Gasteiger partial charge in [-0.1, -0.05) is 16.8 Å². The fourth-order valence-electron chi connectivity index (χ4n) is 3.56. The molecule has 1 heterocycles. The van der Waals surface area contributed by atoms with Crippen LogP contribution >= 0.6 is 11.9 Å². The number of hydrogen-bond donors (Lipinski definition) is 1. The molecular weight excluding hydrogens is 402 g/mol. The maximum absolute atomic E-state index is 12.6. The van der Waals surface area contributed by atoms with Gasteiger partial charge in [0.15, 0.2) is 11.6 Å². The average molecular weight is 422 g/mol. The van der Waals surface area contributed by atoms with Gasteiger partial charge >= 0.3 is 6.61 Å². The van der Waals surface area contributed by atoms with Crippen molar-refractivity contribution < 1.29 is 27.5 Å². The molecule has 0 aliphatic heterocycles. The van der Waals surface area contributed by atoms with Gasteiger partial charge in [0.2, 0.25) is 0 Å². The first-order valence-electron chi connectivity index (χ1n) is 9.11. The third-order valence-electron chi connectivity index (χ3n) is 4.94. The maximum Gasteiger partial charge on any atom is 0.387 e. The first kappa shape index (κ1) is 19.6. The number of nitrogens with zero attached hydrogens (tertiary/aromatic N) is 1. The Hall–Kier alpha value is -2.68. The van der Waals surface area contributed by atoms with E-state index in [4.69, 9.17) is 14.0 Å². The summed E-state index contributed by atoms with van der Waals surface area (Å²) in [5.41, 5.74) is 2.90. The van der Waals surface area contributed by atoms with E-state index in [2.05, 4.69) is 14.6 Å². The summed E-state index contributed by atoms with van der Waals surface area (Å²) in [6.07, 6.45) is 4.40. The van der Waals surface area contributed by atoms with Crippen molar-refractivity contribution in [2.45, 2.75) is 37.2 Å². The number of aromatic nitrogens is 1. The van der Waals surface area contributed by atoms with Gasteiger partial charge in [-0.15, -0.1) is 0 Å². The Morgan fingerprint density at radius 1 is 1.10 bits per heavy atom. The number of benzene rings is 1. The van der Waals surface area contributed by atoms with Gasteiger partial charge in [-0.2, -0.15) is 8.78 Å². The summed E-state index contributed by atoms with van der Waals surface area (Å²) in [5.74, 6) is 2.82. The van der Waals surface area contributed by atoms with Crippen LogP contribution in [0.1, 0.15) is 30.6 Å². The molecule has 2 aliphatic rings. The average Bonchev–Trinajstić information content (AvgIpc) is 3.15. The fraction of sp³-hybridized carbons (Fsp3) is 0.350. The molecular formula is C20H20F2N2O4S. The second-order valence-electron chi connectivity index (χ2n) is 6.54. The molecule has 4 rings (SSSR count). The topological polar surface area (TPSA) is 65.8 Å². The SMILES string of the molecule is COc1cccc(OC)c1SNc1noc2c1CCC1=C2C=C(OC(F)F)CC1. The van der Waals surface area contributed by atoms with Gasteiger partial charge < -0.3 is 23.5 Å². The largest absolute Gasteiger partial charge is 0.495 e. The van der Waals surface area contributed by atoms with Crippen LogP contribution in [0.15, 0.2) is 45.0 Å². The number of anilines is 1. The van der Waals surface area contributed by atoms with Crippen molar-refractivity contribution in [2.24, 2.45) is 0 Å². The summed E-state index contributed by atoms with van der Waals surface area (Å²) in [7, 11) is 3.19. The lowest BCUT2D eigenvalue weighted by Crippen LogP contribution is -2.10. The summed E-state index contributed by atoms with van der Waals surface area (Å²) < 4.78 is 49.4. The highest BCUT2D eigenvalue weighted by atomic mass is 32.2. The highest BCUT2D eigenvalue weighted by molar-refractivity contribution is 8.00. The summed E-state index contributed by atoms with van der Waals surface area (Å²) in [6, 6.07) is 5.54. The van der Waals surface area contributed by atoms with Crippen LogP contribution < -0.4 is 14.2 Å². The van der Waals surface area contributed by atoms with Crippen molar-refractivity contribution in [3.8, 4) is 11.5 Å². The van der Waals surface area contributed by atoms with E-state index in [-0.39, 0.29) is 5.76 Å². The van der Waals surface area contributed by atoms with E-state index in [0.29, 0.717) is 35.9 Å². The van der Waals surface area contributed by atoms with Crippen LogP contribution in [0, 0.1) is 0 Å². The van der Waals surface area contributed by atoms with Crippen LogP contribution in [0.25, 0.3) is 5.57 Å². The van der Waals surface area contributed by atoms with Crippen LogP contribution in [0.4, 0.5) is 14.6 Å². The Morgan fingerprint density at radius 3 is 2.52 bits per heavy atom. The number of hydrogen-bond acceptors (Lipinski definition) is 7. The van der Waals surface area contributed by atoms with Gasteiger partial charge in [-0.05, 0) is 49.4 Å². The van der Waals surface area contributed by atoms with Gasteiger partial charge in [0.05, 0.1) is 14.2 Å². The Kier molecular flexibility index (Phi) is 5.66. The normalized spacial score (nSPS) is 15.6. The Balaban J connectivity index is 1.58. The first-order valence-corrected chi connectivity index (χ1v) is 9.92. The molecule has 1 aromatic heterocycles. The molecule has 0 unspecified atom stereocenters. The van der Waals surface area contributed by atoms with Gasteiger partial charge in [0.1, 0.15) is 22.2 Å². The molecule has 9 heteroatoms. The van der Waals surface area contributed by atoms with Crippen molar-refractivity contribution in [2.75, 3.05) is 18.9 Å². The Bertz CT molecular complexity index is 949.